The molecule has 0 fully saturated rings. The zero-order valence-corrected chi connectivity index (χ0v) is 11.9. The summed E-state index contributed by atoms with van der Waals surface area (Å²) in [5.41, 5.74) is 8.15. The molecule has 0 aliphatic carbocycles. The van der Waals surface area contributed by atoms with E-state index in [9.17, 15) is 9.18 Å². The molecule has 0 aliphatic rings. The molecule has 0 saturated carbocycles. The maximum atomic E-state index is 13.7. The van der Waals surface area contributed by atoms with Crippen LogP contribution in [0.25, 0.3) is 0 Å². The second kappa shape index (κ2) is 6.26. The lowest BCUT2D eigenvalue weighted by Gasteiger charge is -2.12. The molecule has 1 amide bonds. The highest BCUT2D eigenvalue weighted by atomic mass is 19.1. The Bertz CT molecular complexity index is 651. The minimum Gasteiger partial charge on any atom is -0.481 e. The van der Waals surface area contributed by atoms with Crippen molar-refractivity contribution >= 4 is 17.3 Å². The maximum absolute atomic E-state index is 13.7. The Morgan fingerprint density at radius 3 is 2.57 bits per heavy atom. The molecule has 110 valence electrons. The summed E-state index contributed by atoms with van der Waals surface area (Å²) in [6.45, 7) is 3.19. The minimum absolute atomic E-state index is 0.0582. The van der Waals surface area contributed by atoms with E-state index in [-0.39, 0.29) is 12.4 Å². The fourth-order valence-electron chi connectivity index (χ4n) is 1.91. The van der Waals surface area contributed by atoms with Crippen molar-refractivity contribution in [3.63, 3.8) is 0 Å². The zero-order chi connectivity index (χ0) is 15.4. The Labute approximate surface area is 122 Å². The quantitative estimate of drug-likeness (QED) is 0.850. The van der Waals surface area contributed by atoms with Gasteiger partial charge in [0.2, 0.25) is 0 Å². The number of nitrogens with one attached hydrogen (secondary N) is 1. The Morgan fingerprint density at radius 1 is 1.19 bits per heavy atom. The first-order chi connectivity index (χ1) is 9.99. The van der Waals surface area contributed by atoms with Crippen molar-refractivity contribution in [1.82, 2.24) is 0 Å². The SMILES string of the molecule is Cc1cccc(OCC(=O)Nc2c(C)cccc2N)c1F. The number of carbonyl (C=O) groups excluding carboxylic acids is 1. The maximum Gasteiger partial charge on any atom is 0.262 e. The molecular weight excluding hydrogens is 271 g/mol. The number of para-hydroxylation sites is 1. The third-order valence-electron chi connectivity index (χ3n) is 3.08. The van der Waals surface area contributed by atoms with Crippen LogP contribution in [0, 0.1) is 19.7 Å². The first kappa shape index (κ1) is 14.8. The van der Waals surface area contributed by atoms with Crippen LogP contribution in [0.15, 0.2) is 36.4 Å². The lowest BCUT2D eigenvalue weighted by atomic mass is 10.1. The molecule has 0 heterocycles. The molecule has 0 aromatic heterocycles. The number of amides is 1. The first-order valence-electron chi connectivity index (χ1n) is 6.52. The summed E-state index contributed by atoms with van der Waals surface area (Å²) >= 11 is 0. The number of aryl methyl sites for hydroxylation is 2. The van der Waals surface area contributed by atoms with Crippen LogP contribution in [0.3, 0.4) is 0 Å². The number of carbonyl (C=O) groups is 1. The Hall–Kier alpha value is -2.56. The van der Waals surface area contributed by atoms with Crippen LogP contribution in [-0.2, 0) is 4.79 Å². The number of halogens is 1. The average molecular weight is 288 g/mol. The molecule has 0 radical (unpaired) electrons. The number of hydrogen-bond donors (Lipinski definition) is 2. The summed E-state index contributed by atoms with van der Waals surface area (Å²) in [6, 6.07) is 10.1. The largest absolute Gasteiger partial charge is 0.481 e. The number of nitrogens with two attached hydrogens (primary N) is 1. The van der Waals surface area contributed by atoms with Crippen molar-refractivity contribution in [2.75, 3.05) is 17.7 Å². The summed E-state index contributed by atoms with van der Waals surface area (Å²) in [5, 5.41) is 2.67. The summed E-state index contributed by atoms with van der Waals surface area (Å²) in [5.74, 6) is -0.791. The molecule has 3 N–H and O–H groups in total. The normalized spacial score (nSPS) is 10.2. The van der Waals surface area contributed by atoms with Crippen LogP contribution in [0.4, 0.5) is 15.8 Å². The van der Waals surface area contributed by atoms with Crippen LogP contribution in [0.1, 0.15) is 11.1 Å². The lowest BCUT2D eigenvalue weighted by molar-refractivity contribution is -0.118. The van der Waals surface area contributed by atoms with Gasteiger partial charge in [-0.1, -0.05) is 24.3 Å². The monoisotopic (exact) mass is 288 g/mol. The highest BCUT2D eigenvalue weighted by Gasteiger charge is 2.11. The highest BCUT2D eigenvalue weighted by molar-refractivity contribution is 5.95. The van der Waals surface area contributed by atoms with Gasteiger partial charge < -0.3 is 15.8 Å². The van der Waals surface area contributed by atoms with Crippen molar-refractivity contribution in [2.24, 2.45) is 0 Å². The van der Waals surface area contributed by atoms with Gasteiger partial charge in [-0.3, -0.25) is 4.79 Å². The number of benzene rings is 2. The van der Waals surface area contributed by atoms with Crippen LogP contribution in [0.2, 0.25) is 0 Å². The van der Waals surface area contributed by atoms with Gasteiger partial charge in [-0.05, 0) is 37.1 Å². The van der Waals surface area contributed by atoms with Crippen LogP contribution in [0.5, 0.6) is 5.75 Å². The fraction of sp³-hybridized carbons (Fsp3) is 0.188. The number of hydrogen-bond acceptors (Lipinski definition) is 3. The molecule has 2 aromatic carbocycles. The second-order valence-electron chi connectivity index (χ2n) is 4.76. The van der Waals surface area contributed by atoms with E-state index >= 15 is 0 Å². The molecule has 21 heavy (non-hydrogen) atoms. The third-order valence-corrected chi connectivity index (χ3v) is 3.08. The average Bonchev–Trinajstić information content (AvgIpc) is 2.45. The van der Waals surface area contributed by atoms with Crippen LogP contribution >= 0.6 is 0 Å². The number of nitrogen functional groups attached to an aromatic ring is 1. The predicted octanol–water partition coefficient (Wildman–Crippen LogP) is 3.04. The van der Waals surface area contributed by atoms with Crippen molar-refractivity contribution in [2.45, 2.75) is 13.8 Å². The number of ether oxygens (including phenoxy) is 1. The minimum atomic E-state index is -0.458. The number of anilines is 2. The van der Waals surface area contributed by atoms with Gasteiger partial charge in [0.1, 0.15) is 0 Å². The van der Waals surface area contributed by atoms with Gasteiger partial charge in [-0.15, -0.1) is 0 Å². The van der Waals surface area contributed by atoms with Gasteiger partial charge >= 0.3 is 0 Å². The molecule has 0 aliphatic heterocycles. The smallest absolute Gasteiger partial charge is 0.262 e. The first-order valence-corrected chi connectivity index (χ1v) is 6.52. The fourth-order valence-corrected chi connectivity index (χ4v) is 1.91. The standard InChI is InChI=1S/C16H17FN2O2/c1-10-5-4-8-13(15(10)17)21-9-14(20)19-16-11(2)6-3-7-12(16)18/h3-8H,9,18H2,1-2H3,(H,19,20). The summed E-state index contributed by atoms with van der Waals surface area (Å²) in [4.78, 5) is 11.9. The van der Waals surface area contributed by atoms with Gasteiger partial charge in [-0.2, -0.15) is 0 Å². The number of rotatable bonds is 4. The van der Waals surface area contributed by atoms with E-state index in [2.05, 4.69) is 5.32 Å². The Kier molecular flexibility index (Phi) is 4.42. The van der Waals surface area contributed by atoms with Crippen molar-refractivity contribution in [3.05, 3.63) is 53.3 Å². The van der Waals surface area contributed by atoms with Crippen molar-refractivity contribution in [3.8, 4) is 5.75 Å². The highest BCUT2D eigenvalue weighted by Crippen LogP contribution is 2.23. The van der Waals surface area contributed by atoms with Crippen LogP contribution < -0.4 is 15.8 Å². The van der Waals surface area contributed by atoms with E-state index in [1.54, 1.807) is 31.2 Å². The van der Waals surface area contributed by atoms with Gasteiger partial charge in [-0.25, -0.2) is 4.39 Å². The molecule has 0 saturated heterocycles. The van der Waals surface area contributed by atoms with Crippen molar-refractivity contribution in [1.29, 1.82) is 0 Å². The molecule has 0 atom stereocenters. The summed E-state index contributed by atoms with van der Waals surface area (Å²) < 4.78 is 18.9. The van der Waals surface area contributed by atoms with Crippen molar-refractivity contribution < 1.29 is 13.9 Å². The summed E-state index contributed by atoms with van der Waals surface area (Å²) in [7, 11) is 0. The molecule has 0 bridgehead atoms. The van der Waals surface area contributed by atoms with Gasteiger partial charge in [0.25, 0.3) is 5.91 Å². The van der Waals surface area contributed by atoms with Crippen LogP contribution in [-0.4, -0.2) is 12.5 Å². The third kappa shape index (κ3) is 3.51. The van der Waals surface area contributed by atoms with E-state index in [4.69, 9.17) is 10.5 Å². The molecular formula is C16H17FN2O2. The molecule has 2 aromatic rings. The summed E-state index contributed by atoms with van der Waals surface area (Å²) in [6.07, 6.45) is 0. The van der Waals surface area contributed by atoms with Gasteiger partial charge in [0.05, 0.1) is 11.4 Å². The Morgan fingerprint density at radius 2 is 1.86 bits per heavy atom. The van der Waals surface area contributed by atoms with E-state index < -0.39 is 11.7 Å². The molecule has 0 unspecified atom stereocenters. The van der Waals surface area contributed by atoms with E-state index in [1.807, 2.05) is 13.0 Å². The predicted molar refractivity (Wildman–Crippen MR) is 80.9 cm³/mol. The van der Waals surface area contributed by atoms with E-state index in [0.29, 0.717) is 16.9 Å². The zero-order valence-electron chi connectivity index (χ0n) is 11.9. The molecule has 0 spiro atoms. The molecule has 2 rings (SSSR count). The van der Waals surface area contributed by atoms with E-state index in [0.717, 1.165) is 5.56 Å². The molecule has 5 heteroatoms. The lowest BCUT2D eigenvalue weighted by Crippen LogP contribution is -2.21. The molecule has 4 nitrogen and oxygen atoms in total. The Balaban J connectivity index is 2.01. The second-order valence-corrected chi connectivity index (χ2v) is 4.76. The topological polar surface area (TPSA) is 64.3 Å². The van der Waals surface area contributed by atoms with E-state index in [1.165, 1.54) is 6.07 Å². The van der Waals surface area contributed by atoms with Gasteiger partial charge in [0.15, 0.2) is 18.2 Å². The van der Waals surface area contributed by atoms with Gasteiger partial charge in [0, 0.05) is 0 Å².